The molecule has 0 aromatic rings. The van der Waals surface area contributed by atoms with Crippen molar-refractivity contribution in [3.63, 3.8) is 0 Å². The van der Waals surface area contributed by atoms with E-state index in [0.29, 0.717) is 6.54 Å². The summed E-state index contributed by atoms with van der Waals surface area (Å²) in [5, 5.41) is 0. The predicted octanol–water partition coefficient (Wildman–Crippen LogP) is -0.327. The number of carbonyl (C=O) groups excluding carboxylic acids is 1. The molecule has 1 fully saturated rings. The Bertz CT molecular complexity index is 203. The Morgan fingerprint density at radius 2 is 2.23 bits per heavy atom. The van der Waals surface area contributed by atoms with Crippen LogP contribution in [0.3, 0.4) is 0 Å². The molecule has 1 atom stereocenters. The van der Waals surface area contributed by atoms with Crippen LogP contribution in [-0.4, -0.2) is 35.5 Å². The average Bonchev–Trinajstić information content (AvgIpc) is 2.52. The molecule has 0 aromatic carbocycles. The van der Waals surface area contributed by atoms with Crippen LogP contribution in [0.1, 0.15) is 26.7 Å². The first kappa shape index (κ1) is 10.5. The highest BCUT2D eigenvalue weighted by Crippen LogP contribution is 2.25. The van der Waals surface area contributed by atoms with Gasteiger partial charge < -0.3 is 11.5 Å². The maximum atomic E-state index is 11.1. The van der Waals surface area contributed by atoms with Gasteiger partial charge in [0.2, 0.25) is 5.91 Å². The fourth-order valence-corrected chi connectivity index (χ4v) is 1.90. The molecule has 1 aliphatic rings. The van der Waals surface area contributed by atoms with E-state index in [1.54, 1.807) is 0 Å². The van der Waals surface area contributed by atoms with E-state index < -0.39 is 0 Å². The zero-order chi connectivity index (χ0) is 10.1. The fourth-order valence-electron chi connectivity index (χ4n) is 1.90. The largest absolute Gasteiger partial charge is 0.368 e. The van der Waals surface area contributed by atoms with Gasteiger partial charge in [0.05, 0.1) is 6.04 Å². The quantitative estimate of drug-likeness (QED) is 0.632. The van der Waals surface area contributed by atoms with Gasteiger partial charge in [-0.25, -0.2) is 0 Å². The van der Waals surface area contributed by atoms with Crippen molar-refractivity contribution in [2.24, 2.45) is 11.5 Å². The summed E-state index contributed by atoms with van der Waals surface area (Å²) in [6.07, 6.45) is 1.91. The molecule has 0 aliphatic carbocycles. The van der Waals surface area contributed by atoms with Gasteiger partial charge in [-0.3, -0.25) is 9.69 Å². The number of primary amides is 1. The Morgan fingerprint density at radius 1 is 1.62 bits per heavy atom. The monoisotopic (exact) mass is 185 g/mol. The van der Waals surface area contributed by atoms with Crippen molar-refractivity contribution in [3.8, 4) is 0 Å². The third-order valence-electron chi connectivity index (χ3n) is 2.86. The molecule has 1 amide bonds. The van der Waals surface area contributed by atoms with Gasteiger partial charge in [-0.15, -0.1) is 0 Å². The summed E-state index contributed by atoms with van der Waals surface area (Å²) in [6, 6.07) is -0.112. The maximum absolute atomic E-state index is 11.1. The van der Waals surface area contributed by atoms with Crippen molar-refractivity contribution in [2.75, 3.05) is 13.1 Å². The van der Waals surface area contributed by atoms with Crippen LogP contribution in [0.2, 0.25) is 0 Å². The third kappa shape index (κ3) is 2.00. The molecule has 0 bridgehead atoms. The highest BCUT2D eigenvalue weighted by atomic mass is 16.1. The van der Waals surface area contributed by atoms with Crippen molar-refractivity contribution in [3.05, 3.63) is 0 Å². The van der Waals surface area contributed by atoms with Crippen LogP contribution in [0.15, 0.2) is 0 Å². The summed E-state index contributed by atoms with van der Waals surface area (Å²) in [6.45, 7) is 5.58. The summed E-state index contributed by atoms with van der Waals surface area (Å²) in [5.41, 5.74) is 10.9. The second-order valence-electron chi connectivity index (χ2n) is 4.27. The number of hydrogen-bond donors (Lipinski definition) is 2. The molecule has 1 aliphatic heterocycles. The van der Waals surface area contributed by atoms with Gasteiger partial charge >= 0.3 is 0 Å². The third-order valence-corrected chi connectivity index (χ3v) is 2.86. The van der Waals surface area contributed by atoms with Gasteiger partial charge in [-0.05, 0) is 33.2 Å². The summed E-state index contributed by atoms with van der Waals surface area (Å²) >= 11 is 0. The van der Waals surface area contributed by atoms with E-state index in [1.807, 2.05) is 13.8 Å². The molecule has 0 radical (unpaired) electrons. The van der Waals surface area contributed by atoms with Crippen molar-refractivity contribution < 1.29 is 4.79 Å². The Labute approximate surface area is 79.3 Å². The summed E-state index contributed by atoms with van der Waals surface area (Å²) in [5.74, 6) is -0.223. The van der Waals surface area contributed by atoms with Crippen molar-refractivity contribution in [1.82, 2.24) is 4.90 Å². The molecule has 76 valence electrons. The molecule has 13 heavy (non-hydrogen) atoms. The normalized spacial score (nSPS) is 25.0. The Balaban J connectivity index is 2.73. The van der Waals surface area contributed by atoms with E-state index in [1.165, 1.54) is 0 Å². The van der Waals surface area contributed by atoms with Crippen molar-refractivity contribution in [1.29, 1.82) is 0 Å². The second kappa shape index (κ2) is 3.64. The van der Waals surface area contributed by atoms with Crippen molar-refractivity contribution in [2.45, 2.75) is 38.3 Å². The lowest BCUT2D eigenvalue weighted by Crippen LogP contribution is -2.54. The lowest BCUT2D eigenvalue weighted by Gasteiger charge is -2.37. The summed E-state index contributed by atoms with van der Waals surface area (Å²) < 4.78 is 0. The highest BCUT2D eigenvalue weighted by Gasteiger charge is 2.37. The number of rotatable bonds is 3. The van der Waals surface area contributed by atoms with E-state index in [4.69, 9.17) is 11.5 Å². The van der Waals surface area contributed by atoms with E-state index in [-0.39, 0.29) is 17.5 Å². The van der Waals surface area contributed by atoms with E-state index in [2.05, 4.69) is 4.90 Å². The van der Waals surface area contributed by atoms with E-state index in [0.717, 1.165) is 19.4 Å². The van der Waals surface area contributed by atoms with Gasteiger partial charge in [0.25, 0.3) is 0 Å². The van der Waals surface area contributed by atoms with Crippen molar-refractivity contribution >= 4 is 5.91 Å². The first-order valence-electron chi connectivity index (χ1n) is 4.75. The molecule has 0 aromatic heterocycles. The van der Waals surface area contributed by atoms with Gasteiger partial charge in [-0.1, -0.05) is 0 Å². The van der Waals surface area contributed by atoms with E-state index >= 15 is 0 Å². The number of nitrogens with zero attached hydrogens (tertiary/aromatic N) is 1. The lowest BCUT2D eigenvalue weighted by molar-refractivity contribution is -0.123. The molecular weight excluding hydrogens is 166 g/mol. The maximum Gasteiger partial charge on any atom is 0.234 e. The van der Waals surface area contributed by atoms with Crippen LogP contribution in [0.25, 0.3) is 0 Å². The molecule has 1 unspecified atom stereocenters. The van der Waals surface area contributed by atoms with Gasteiger partial charge in [0.1, 0.15) is 0 Å². The lowest BCUT2D eigenvalue weighted by atomic mass is 10.0. The molecule has 4 nitrogen and oxygen atoms in total. The topological polar surface area (TPSA) is 72.3 Å². The van der Waals surface area contributed by atoms with E-state index in [9.17, 15) is 4.79 Å². The minimum absolute atomic E-state index is 0.112. The van der Waals surface area contributed by atoms with Gasteiger partial charge in [0.15, 0.2) is 0 Å². The van der Waals surface area contributed by atoms with Gasteiger partial charge in [-0.2, -0.15) is 0 Å². The van der Waals surface area contributed by atoms with Crippen LogP contribution < -0.4 is 11.5 Å². The zero-order valence-electron chi connectivity index (χ0n) is 8.42. The average molecular weight is 185 g/mol. The number of likely N-dealkylation sites (tertiary alicyclic amines) is 1. The fraction of sp³-hybridized carbons (Fsp3) is 0.889. The summed E-state index contributed by atoms with van der Waals surface area (Å²) in [4.78, 5) is 13.2. The van der Waals surface area contributed by atoms with Crippen LogP contribution in [-0.2, 0) is 4.79 Å². The molecule has 0 spiro atoms. The molecule has 0 saturated carbocycles. The smallest absolute Gasteiger partial charge is 0.234 e. The Morgan fingerprint density at radius 3 is 2.69 bits per heavy atom. The van der Waals surface area contributed by atoms with Gasteiger partial charge in [0, 0.05) is 12.1 Å². The molecule has 1 saturated heterocycles. The number of hydrogen-bond acceptors (Lipinski definition) is 3. The Hall–Kier alpha value is -0.610. The minimum Gasteiger partial charge on any atom is -0.368 e. The molecule has 1 heterocycles. The second-order valence-corrected chi connectivity index (χ2v) is 4.27. The molecule has 4 heteroatoms. The number of nitrogens with two attached hydrogens (primary N) is 2. The number of carbonyl (C=O) groups is 1. The first-order valence-corrected chi connectivity index (χ1v) is 4.75. The number of amides is 1. The van der Waals surface area contributed by atoms with Crippen LogP contribution >= 0.6 is 0 Å². The predicted molar refractivity (Wildman–Crippen MR) is 52.1 cm³/mol. The Kier molecular flexibility index (Phi) is 2.93. The zero-order valence-corrected chi connectivity index (χ0v) is 8.42. The molecular formula is C9H19N3O. The standard InChI is InChI=1S/C9H19N3O/c1-9(2,6-10)12-5-3-4-7(12)8(11)13/h7H,3-6,10H2,1-2H3,(H2,11,13). The van der Waals surface area contributed by atoms with Crippen LogP contribution in [0.4, 0.5) is 0 Å². The molecule has 1 rings (SSSR count). The molecule has 4 N–H and O–H groups in total. The highest BCUT2D eigenvalue weighted by molar-refractivity contribution is 5.80. The van der Waals surface area contributed by atoms with Crippen LogP contribution in [0.5, 0.6) is 0 Å². The van der Waals surface area contributed by atoms with Crippen LogP contribution in [0, 0.1) is 0 Å². The summed E-state index contributed by atoms with van der Waals surface area (Å²) in [7, 11) is 0. The first-order chi connectivity index (χ1) is 5.99. The SMILES string of the molecule is CC(C)(CN)N1CCCC1C(N)=O. The minimum atomic E-state index is -0.223.